The first-order valence-corrected chi connectivity index (χ1v) is 6.62. The summed E-state index contributed by atoms with van der Waals surface area (Å²) in [7, 11) is 0. The van der Waals surface area contributed by atoms with Gasteiger partial charge in [-0.05, 0) is 30.4 Å². The number of benzene rings is 1. The van der Waals surface area contributed by atoms with Crippen LogP contribution in [0, 0.1) is 4.84 Å². The maximum Gasteiger partial charge on any atom is 0.270 e. The molecule has 1 aromatic heterocycles. The Balaban J connectivity index is 1.97. The van der Waals surface area contributed by atoms with Gasteiger partial charge in [-0.25, -0.2) is 0 Å². The average Bonchev–Trinajstić information content (AvgIpc) is 2.67. The molecule has 0 radical (unpaired) electrons. The van der Waals surface area contributed by atoms with Crippen LogP contribution in [-0.2, 0) is 11.4 Å². The molecule has 0 bridgehead atoms. The van der Waals surface area contributed by atoms with Crippen LogP contribution in [0.2, 0.25) is 5.02 Å². The molecule has 1 fully saturated rings. The molecular weight excluding hydrogens is 272 g/mol. The maximum atomic E-state index is 6.02. The summed E-state index contributed by atoms with van der Waals surface area (Å²) in [4.78, 5) is 2.77. The lowest BCUT2D eigenvalue weighted by atomic mass is 10.3. The van der Waals surface area contributed by atoms with E-state index < -0.39 is 0 Å². The minimum Gasteiger partial charge on any atom is -0.429 e. The topological polar surface area (TPSA) is 30.5 Å². The van der Waals surface area contributed by atoms with Crippen molar-refractivity contribution in [2.24, 2.45) is 0 Å². The molecule has 2 heterocycles. The molecule has 0 atom stereocenters. The Labute approximate surface area is 115 Å². The first-order chi connectivity index (χ1) is 8.74. The highest BCUT2D eigenvalue weighted by atomic mass is 35.5. The smallest absolute Gasteiger partial charge is 0.270 e. The lowest BCUT2D eigenvalue weighted by Gasteiger charge is -2.26. The molecular formula is C12H13ClN2O2S. The molecule has 3 rings (SSSR count). The number of ether oxygens (including phenoxy) is 1. The van der Waals surface area contributed by atoms with Crippen molar-refractivity contribution in [2.45, 2.75) is 6.67 Å². The quantitative estimate of drug-likeness (QED) is 0.794. The molecule has 0 unspecified atom stereocenters. The van der Waals surface area contributed by atoms with Crippen molar-refractivity contribution >= 4 is 34.9 Å². The van der Waals surface area contributed by atoms with Gasteiger partial charge in [0.1, 0.15) is 0 Å². The third kappa shape index (κ3) is 2.31. The minimum atomic E-state index is 0.485. The third-order valence-electron chi connectivity index (χ3n) is 3.07. The van der Waals surface area contributed by atoms with Crippen LogP contribution in [-0.4, -0.2) is 35.8 Å². The molecule has 0 amide bonds. The van der Waals surface area contributed by atoms with E-state index in [0.29, 0.717) is 9.86 Å². The molecule has 0 spiro atoms. The number of fused-ring (bicyclic) bond motifs is 1. The predicted molar refractivity (Wildman–Crippen MR) is 72.4 cm³/mol. The van der Waals surface area contributed by atoms with Crippen LogP contribution in [0.25, 0.3) is 11.1 Å². The number of aromatic nitrogens is 1. The molecule has 0 N–H and O–H groups in total. The van der Waals surface area contributed by atoms with Gasteiger partial charge in [-0.2, -0.15) is 0 Å². The van der Waals surface area contributed by atoms with Crippen LogP contribution in [0.5, 0.6) is 0 Å². The number of morpholine rings is 1. The summed E-state index contributed by atoms with van der Waals surface area (Å²) >= 11 is 11.3. The van der Waals surface area contributed by atoms with Gasteiger partial charge in [-0.15, -0.1) is 0 Å². The molecule has 0 aliphatic carbocycles. The van der Waals surface area contributed by atoms with Gasteiger partial charge in [0.2, 0.25) is 0 Å². The number of nitrogens with zero attached hydrogens (tertiary/aromatic N) is 2. The predicted octanol–water partition coefficient (Wildman–Crippen LogP) is 2.91. The normalized spacial score (nSPS) is 17.4. The molecule has 0 saturated carbocycles. The van der Waals surface area contributed by atoms with Crippen LogP contribution in [0.4, 0.5) is 0 Å². The Bertz CT molecular complexity index is 616. The van der Waals surface area contributed by atoms with Gasteiger partial charge in [-0.1, -0.05) is 11.6 Å². The number of hydrogen-bond acceptors (Lipinski definition) is 4. The highest BCUT2D eigenvalue weighted by Gasteiger charge is 2.14. The van der Waals surface area contributed by atoms with E-state index in [9.17, 15) is 0 Å². The Morgan fingerprint density at radius 3 is 2.83 bits per heavy atom. The molecule has 1 aliphatic heterocycles. The van der Waals surface area contributed by atoms with Crippen LogP contribution in [0.1, 0.15) is 0 Å². The highest BCUT2D eigenvalue weighted by Crippen LogP contribution is 2.22. The largest absolute Gasteiger partial charge is 0.429 e. The molecule has 4 nitrogen and oxygen atoms in total. The SMILES string of the molecule is S=c1oc2ccc(Cl)cc2n1CN1CCOCC1. The van der Waals surface area contributed by atoms with Crippen LogP contribution in [0.3, 0.4) is 0 Å². The molecule has 1 aromatic carbocycles. The van der Waals surface area contributed by atoms with Crippen molar-refractivity contribution in [3.63, 3.8) is 0 Å². The lowest BCUT2D eigenvalue weighted by Crippen LogP contribution is -2.37. The number of hydrogen-bond donors (Lipinski definition) is 0. The van der Waals surface area contributed by atoms with Crippen molar-refractivity contribution < 1.29 is 9.15 Å². The zero-order valence-electron chi connectivity index (χ0n) is 9.76. The summed E-state index contributed by atoms with van der Waals surface area (Å²) in [6, 6.07) is 5.54. The molecule has 6 heteroatoms. The van der Waals surface area contributed by atoms with Gasteiger partial charge >= 0.3 is 0 Å². The summed E-state index contributed by atoms with van der Waals surface area (Å²) in [6.45, 7) is 4.08. The van der Waals surface area contributed by atoms with Gasteiger partial charge in [-0.3, -0.25) is 9.47 Å². The van der Waals surface area contributed by atoms with Crippen molar-refractivity contribution in [1.29, 1.82) is 0 Å². The second kappa shape index (κ2) is 5.01. The molecule has 96 valence electrons. The minimum absolute atomic E-state index is 0.485. The van der Waals surface area contributed by atoms with E-state index in [2.05, 4.69) is 4.90 Å². The Morgan fingerprint density at radius 1 is 1.28 bits per heavy atom. The van der Waals surface area contributed by atoms with Crippen molar-refractivity contribution in [3.8, 4) is 0 Å². The van der Waals surface area contributed by atoms with E-state index in [1.165, 1.54) is 0 Å². The zero-order valence-corrected chi connectivity index (χ0v) is 11.3. The average molecular weight is 285 g/mol. The van der Waals surface area contributed by atoms with Gasteiger partial charge in [0.25, 0.3) is 4.84 Å². The highest BCUT2D eigenvalue weighted by molar-refractivity contribution is 7.71. The van der Waals surface area contributed by atoms with Crippen molar-refractivity contribution in [2.75, 3.05) is 26.3 Å². The van der Waals surface area contributed by atoms with Crippen molar-refractivity contribution in [3.05, 3.63) is 28.1 Å². The fraction of sp³-hybridized carbons (Fsp3) is 0.417. The fourth-order valence-electron chi connectivity index (χ4n) is 2.11. The molecule has 1 saturated heterocycles. The monoisotopic (exact) mass is 284 g/mol. The standard InChI is InChI=1S/C12H13ClN2O2S/c13-9-1-2-11-10(7-9)15(12(18)17-11)8-14-3-5-16-6-4-14/h1-2,7H,3-6,8H2. The molecule has 1 aliphatic rings. The summed E-state index contributed by atoms with van der Waals surface area (Å²) in [6.07, 6.45) is 0. The van der Waals surface area contributed by atoms with Crippen molar-refractivity contribution in [1.82, 2.24) is 9.47 Å². The first-order valence-electron chi connectivity index (χ1n) is 5.83. The number of oxazole rings is 1. The van der Waals surface area contributed by atoms with Crippen LogP contribution in [0.15, 0.2) is 22.6 Å². The van der Waals surface area contributed by atoms with Gasteiger partial charge in [0, 0.05) is 18.1 Å². The van der Waals surface area contributed by atoms with Crippen LogP contribution >= 0.6 is 23.8 Å². The van der Waals surface area contributed by atoms with Gasteiger partial charge in [0.15, 0.2) is 5.58 Å². The van der Waals surface area contributed by atoms with E-state index in [1.54, 1.807) is 6.07 Å². The molecule has 2 aromatic rings. The third-order valence-corrected chi connectivity index (χ3v) is 3.61. The summed E-state index contributed by atoms with van der Waals surface area (Å²) in [5.41, 5.74) is 1.72. The van der Waals surface area contributed by atoms with E-state index in [-0.39, 0.29) is 0 Å². The molecule has 18 heavy (non-hydrogen) atoms. The van der Waals surface area contributed by atoms with E-state index >= 15 is 0 Å². The van der Waals surface area contributed by atoms with E-state index in [0.717, 1.165) is 44.1 Å². The first kappa shape index (κ1) is 12.2. The lowest BCUT2D eigenvalue weighted by molar-refractivity contribution is 0.0234. The fourth-order valence-corrected chi connectivity index (χ4v) is 2.52. The van der Waals surface area contributed by atoms with Gasteiger partial charge in [0.05, 0.1) is 25.4 Å². The summed E-state index contributed by atoms with van der Waals surface area (Å²) < 4.78 is 12.9. The number of halogens is 1. The Hall–Kier alpha value is -0.880. The van der Waals surface area contributed by atoms with Gasteiger partial charge < -0.3 is 9.15 Å². The number of rotatable bonds is 2. The Morgan fingerprint density at radius 2 is 2.06 bits per heavy atom. The zero-order chi connectivity index (χ0) is 12.5. The summed E-state index contributed by atoms with van der Waals surface area (Å²) in [5.74, 6) is 0. The van der Waals surface area contributed by atoms with E-state index in [4.69, 9.17) is 33.0 Å². The van der Waals surface area contributed by atoms with E-state index in [1.807, 2.05) is 16.7 Å². The summed E-state index contributed by atoms with van der Waals surface area (Å²) in [5, 5.41) is 0.689. The Kier molecular flexibility index (Phi) is 3.39. The second-order valence-corrected chi connectivity index (χ2v) is 5.07. The van der Waals surface area contributed by atoms with Crippen LogP contribution < -0.4 is 0 Å². The maximum absolute atomic E-state index is 6.02. The second-order valence-electron chi connectivity index (χ2n) is 4.28.